The van der Waals surface area contributed by atoms with E-state index in [1.54, 1.807) is 4.57 Å². The molecule has 0 aromatic carbocycles. The van der Waals surface area contributed by atoms with Gasteiger partial charge in [0.1, 0.15) is 0 Å². The Balaban J connectivity index is 1.93. The lowest BCUT2D eigenvalue weighted by atomic mass is 9.99. The molecule has 1 aromatic heterocycles. The van der Waals surface area contributed by atoms with Crippen LogP contribution in [0.2, 0.25) is 0 Å². The highest BCUT2D eigenvalue weighted by Crippen LogP contribution is 2.28. The molecule has 108 valence electrons. The molecule has 0 radical (unpaired) electrons. The highest BCUT2D eigenvalue weighted by molar-refractivity contribution is 4.86. The van der Waals surface area contributed by atoms with Crippen molar-refractivity contribution in [1.29, 1.82) is 0 Å². The van der Waals surface area contributed by atoms with Gasteiger partial charge in [-0.25, -0.2) is 4.79 Å². The minimum absolute atomic E-state index is 0.132. The fourth-order valence-corrected chi connectivity index (χ4v) is 3.21. The van der Waals surface area contributed by atoms with Gasteiger partial charge in [0.2, 0.25) is 0 Å². The topological polar surface area (TPSA) is 39.0 Å². The molecule has 0 aliphatic heterocycles. The van der Waals surface area contributed by atoms with Crippen molar-refractivity contribution in [3.63, 3.8) is 0 Å². The Hall–Kier alpha value is -1.03. The van der Waals surface area contributed by atoms with Crippen LogP contribution in [0.4, 0.5) is 0 Å². The average molecular weight is 265 g/mol. The van der Waals surface area contributed by atoms with Crippen LogP contribution in [0.15, 0.2) is 17.2 Å². The summed E-state index contributed by atoms with van der Waals surface area (Å²) in [5.74, 6) is 0.731. The van der Waals surface area contributed by atoms with Crippen molar-refractivity contribution in [2.75, 3.05) is 6.54 Å². The lowest BCUT2D eigenvalue weighted by Gasteiger charge is -2.20. The summed E-state index contributed by atoms with van der Waals surface area (Å²) in [4.78, 5) is 12.1. The van der Waals surface area contributed by atoms with E-state index in [-0.39, 0.29) is 11.7 Å². The predicted molar refractivity (Wildman–Crippen MR) is 78.5 cm³/mol. The average Bonchev–Trinajstić information content (AvgIpc) is 2.94. The third-order valence-corrected chi connectivity index (χ3v) is 4.30. The monoisotopic (exact) mass is 265 g/mol. The second-order valence-electron chi connectivity index (χ2n) is 5.92. The van der Waals surface area contributed by atoms with Crippen molar-refractivity contribution >= 4 is 0 Å². The van der Waals surface area contributed by atoms with E-state index in [9.17, 15) is 4.79 Å². The molecule has 0 bridgehead atoms. The van der Waals surface area contributed by atoms with Crippen molar-refractivity contribution in [1.82, 2.24) is 14.5 Å². The van der Waals surface area contributed by atoms with E-state index in [4.69, 9.17) is 0 Å². The van der Waals surface area contributed by atoms with Gasteiger partial charge in [-0.15, -0.1) is 0 Å². The third kappa shape index (κ3) is 3.30. The first-order chi connectivity index (χ1) is 9.13. The van der Waals surface area contributed by atoms with Crippen LogP contribution in [0.3, 0.4) is 0 Å². The molecule has 1 aliphatic rings. The summed E-state index contributed by atoms with van der Waals surface area (Å²) in [5, 5.41) is 3.58. The highest BCUT2D eigenvalue weighted by atomic mass is 16.1. The van der Waals surface area contributed by atoms with Gasteiger partial charge in [0.15, 0.2) is 0 Å². The third-order valence-electron chi connectivity index (χ3n) is 4.30. The van der Waals surface area contributed by atoms with Crippen LogP contribution < -0.4 is 11.0 Å². The van der Waals surface area contributed by atoms with Crippen molar-refractivity contribution in [3.8, 4) is 0 Å². The van der Waals surface area contributed by atoms with E-state index in [0.29, 0.717) is 6.04 Å². The molecule has 1 fully saturated rings. The number of hydrogen-bond donors (Lipinski definition) is 1. The fraction of sp³-hybridized carbons (Fsp3) is 0.800. The molecule has 1 N–H and O–H groups in total. The molecule has 1 aromatic rings. The number of nitrogens with one attached hydrogen (secondary N) is 1. The van der Waals surface area contributed by atoms with E-state index in [2.05, 4.69) is 12.2 Å². The molecule has 19 heavy (non-hydrogen) atoms. The maximum absolute atomic E-state index is 12.1. The summed E-state index contributed by atoms with van der Waals surface area (Å²) in [6.45, 7) is 8.16. The van der Waals surface area contributed by atoms with Gasteiger partial charge in [-0.2, -0.15) is 0 Å². The Kier molecular flexibility index (Phi) is 4.86. The quantitative estimate of drug-likeness (QED) is 0.858. The number of hydrogen-bond acceptors (Lipinski definition) is 2. The Morgan fingerprint density at radius 1 is 1.37 bits per heavy atom. The zero-order valence-corrected chi connectivity index (χ0v) is 12.4. The Labute approximate surface area is 115 Å². The fourth-order valence-electron chi connectivity index (χ4n) is 3.21. The molecular formula is C15H27N3O. The molecule has 2 unspecified atom stereocenters. The summed E-state index contributed by atoms with van der Waals surface area (Å²) in [5.41, 5.74) is 0.132. The summed E-state index contributed by atoms with van der Waals surface area (Å²) >= 11 is 0. The van der Waals surface area contributed by atoms with Gasteiger partial charge < -0.3 is 5.32 Å². The number of imidazole rings is 1. The predicted octanol–water partition coefficient (Wildman–Crippen LogP) is 2.40. The van der Waals surface area contributed by atoms with E-state index in [1.165, 1.54) is 19.3 Å². The summed E-state index contributed by atoms with van der Waals surface area (Å²) in [6.07, 6.45) is 8.87. The Bertz CT molecular complexity index is 446. The standard InChI is InChI=1S/C15H27N3O/c1-4-16-14-7-5-6-13(14)8-9-17-10-11-18(12(2)3)15(17)19/h10-14,16H,4-9H2,1-3H3. The van der Waals surface area contributed by atoms with E-state index >= 15 is 0 Å². The van der Waals surface area contributed by atoms with Crippen molar-refractivity contribution < 1.29 is 0 Å². The van der Waals surface area contributed by atoms with Crippen LogP contribution in [0.25, 0.3) is 0 Å². The summed E-state index contributed by atoms with van der Waals surface area (Å²) < 4.78 is 3.66. The molecule has 2 atom stereocenters. The maximum atomic E-state index is 12.1. The zero-order valence-electron chi connectivity index (χ0n) is 12.4. The van der Waals surface area contributed by atoms with Crippen molar-refractivity contribution in [2.24, 2.45) is 5.92 Å². The van der Waals surface area contributed by atoms with Gasteiger partial charge in [-0.05, 0) is 45.6 Å². The smallest absolute Gasteiger partial charge is 0.314 e. The van der Waals surface area contributed by atoms with Crippen LogP contribution in [-0.4, -0.2) is 21.7 Å². The van der Waals surface area contributed by atoms with Crippen LogP contribution >= 0.6 is 0 Å². The van der Waals surface area contributed by atoms with Gasteiger partial charge in [-0.3, -0.25) is 9.13 Å². The summed E-state index contributed by atoms with van der Waals surface area (Å²) in [6, 6.07) is 0.905. The van der Waals surface area contributed by atoms with Crippen LogP contribution in [-0.2, 0) is 6.54 Å². The Morgan fingerprint density at radius 2 is 2.16 bits per heavy atom. The van der Waals surface area contributed by atoms with E-state index in [0.717, 1.165) is 25.4 Å². The second-order valence-corrected chi connectivity index (χ2v) is 5.92. The SMILES string of the molecule is CCNC1CCCC1CCn1ccn(C(C)C)c1=O. The number of rotatable bonds is 6. The lowest BCUT2D eigenvalue weighted by molar-refractivity contribution is 0.363. The molecule has 4 nitrogen and oxygen atoms in total. The van der Waals surface area contributed by atoms with Crippen LogP contribution in [0.5, 0.6) is 0 Å². The molecule has 4 heteroatoms. The van der Waals surface area contributed by atoms with Crippen LogP contribution in [0.1, 0.15) is 52.5 Å². The van der Waals surface area contributed by atoms with E-state index in [1.807, 2.05) is 30.8 Å². The first-order valence-corrected chi connectivity index (χ1v) is 7.64. The lowest BCUT2D eigenvalue weighted by Crippen LogP contribution is -2.33. The second kappa shape index (κ2) is 6.42. The minimum Gasteiger partial charge on any atom is -0.314 e. The van der Waals surface area contributed by atoms with Gasteiger partial charge in [-0.1, -0.05) is 13.3 Å². The molecule has 1 aliphatic carbocycles. The van der Waals surface area contributed by atoms with Gasteiger partial charge in [0.05, 0.1) is 0 Å². The van der Waals surface area contributed by atoms with Gasteiger partial charge >= 0.3 is 5.69 Å². The molecule has 1 heterocycles. The molecular weight excluding hydrogens is 238 g/mol. The normalized spacial score (nSPS) is 23.4. The maximum Gasteiger partial charge on any atom is 0.328 e. The van der Waals surface area contributed by atoms with Gasteiger partial charge in [0.25, 0.3) is 0 Å². The molecule has 0 saturated heterocycles. The van der Waals surface area contributed by atoms with Crippen molar-refractivity contribution in [2.45, 2.75) is 65.1 Å². The van der Waals surface area contributed by atoms with E-state index < -0.39 is 0 Å². The molecule has 0 spiro atoms. The highest BCUT2D eigenvalue weighted by Gasteiger charge is 2.26. The Morgan fingerprint density at radius 3 is 2.79 bits per heavy atom. The van der Waals surface area contributed by atoms with Gasteiger partial charge in [0, 0.05) is 31.0 Å². The molecule has 0 amide bonds. The summed E-state index contributed by atoms with van der Waals surface area (Å²) in [7, 11) is 0. The molecule has 1 saturated carbocycles. The van der Waals surface area contributed by atoms with Crippen molar-refractivity contribution in [3.05, 3.63) is 22.9 Å². The number of aromatic nitrogens is 2. The largest absolute Gasteiger partial charge is 0.328 e. The number of nitrogens with zero attached hydrogens (tertiary/aromatic N) is 2. The molecule has 2 rings (SSSR count). The minimum atomic E-state index is 0.132. The van der Waals surface area contributed by atoms with Crippen LogP contribution in [0, 0.1) is 5.92 Å². The first kappa shape index (κ1) is 14.4. The zero-order chi connectivity index (χ0) is 13.8. The number of aryl methyl sites for hydroxylation is 1. The first-order valence-electron chi connectivity index (χ1n) is 7.64.